The van der Waals surface area contributed by atoms with Crippen LogP contribution >= 0.6 is 0 Å². The van der Waals surface area contributed by atoms with Crippen molar-refractivity contribution in [3.63, 3.8) is 0 Å². The largest absolute Gasteiger partial charge is 0.459 e. The van der Waals surface area contributed by atoms with E-state index in [4.69, 9.17) is 18.6 Å². The van der Waals surface area contributed by atoms with Crippen molar-refractivity contribution in [2.24, 2.45) is 0 Å². The van der Waals surface area contributed by atoms with Crippen molar-refractivity contribution in [3.05, 3.63) is 12.2 Å². The van der Waals surface area contributed by atoms with Gasteiger partial charge < -0.3 is 18.6 Å². The van der Waals surface area contributed by atoms with Crippen LogP contribution in [0.1, 0.15) is 73.1 Å². The number of fused-ring (bicyclic) bond motifs is 2. The maximum Gasteiger partial charge on any atom is 0.309 e. The summed E-state index contributed by atoms with van der Waals surface area (Å²) in [5, 5.41) is 0.0294. The van der Waals surface area contributed by atoms with Gasteiger partial charge in [0.1, 0.15) is 17.8 Å². The topological polar surface area (TPSA) is 71.1 Å². The van der Waals surface area contributed by atoms with Crippen LogP contribution in [0.2, 0.25) is 18.1 Å². The first-order chi connectivity index (χ1) is 13.6. The molecule has 0 spiro atoms. The fourth-order valence-electron chi connectivity index (χ4n) is 4.68. The van der Waals surface area contributed by atoms with Gasteiger partial charge in [-0.1, -0.05) is 32.9 Å². The van der Waals surface area contributed by atoms with Gasteiger partial charge in [-0.25, -0.2) is 0 Å². The van der Waals surface area contributed by atoms with E-state index >= 15 is 0 Å². The van der Waals surface area contributed by atoms with Gasteiger partial charge >= 0.3 is 11.9 Å². The molecule has 0 aromatic heterocycles. The second-order valence-electron chi connectivity index (χ2n) is 11.3. The Labute approximate surface area is 181 Å². The molecule has 3 rings (SSSR count). The second kappa shape index (κ2) is 7.75. The minimum Gasteiger partial charge on any atom is -0.459 e. The van der Waals surface area contributed by atoms with Crippen molar-refractivity contribution >= 4 is 20.3 Å². The summed E-state index contributed by atoms with van der Waals surface area (Å²) in [6.07, 6.45) is 1.57. The number of carbonyl (C=O) groups excluding carboxylic acids is 2. The van der Waals surface area contributed by atoms with E-state index in [-0.39, 0.29) is 29.5 Å². The van der Waals surface area contributed by atoms with Crippen molar-refractivity contribution < 1.29 is 28.2 Å². The van der Waals surface area contributed by atoms with E-state index in [1.807, 2.05) is 13.8 Å². The third-order valence-corrected chi connectivity index (χ3v) is 11.9. The van der Waals surface area contributed by atoms with Crippen LogP contribution in [0.5, 0.6) is 0 Å². The standard InChI is InChI=1S/C23H38O6Si/c1-15-9-10-19(24)27-18-11-16-17(28-23(18,6)12-15)13-22(5,14-20(25)26-16)29-30(7,8)21(2,3)4/h16-18H,1,9-14H2,2-8H3/t16-,17+,18+,22?,23-/m1/s1. The van der Waals surface area contributed by atoms with Crippen molar-refractivity contribution in [2.75, 3.05) is 0 Å². The highest BCUT2D eigenvalue weighted by Gasteiger charge is 2.54. The zero-order valence-corrected chi connectivity index (χ0v) is 20.6. The van der Waals surface area contributed by atoms with E-state index in [1.165, 1.54) is 0 Å². The minimum atomic E-state index is -2.11. The molecule has 3 heterocycles. The maximum atomic E-state index is 12.7. The molecule has 0 amide bonds. The Morgan fingerprint density at radius 1 is 1.03 bits per heavy atom. The highest BCUT2D eigenvalue weighted by molar-refractivity contribution is 6.74. The number of carbonyl (C=O) groups is 2. The van der Waals surface area contributed by atoms with Gasteiger partial charge in [0.15, 0.2) is 8.32 Å². The van der Waals surface area contributed by atoms with Crippen LogP contribution in [0.25, 0.3) is 0 Å². The van der Waals surface area contributed by atoms with Crippen molar-refractivity contribution in [1.29, 1.82) is 0 Å². The fraction of sp³-hybridized carbons (Fsp3) is 0.826. The summed E-state index contributed by atoms with van der Waals surface area (Å²) >= 11 is 0. The zero-order valence-electron chi connectivity index (χ0n) is 19.6. The summed E-state index contributed by atoms with van der Waals surface area (Å²) in [6.45, 7) is 19.1. The van der Waals surface area contributed by atoms with Gasteiger partial charge in [-0.15, -0.1) is 0 Å². The zero-order chi connectivity index (χ0) is 22.5. The van der Waals surface area contributed by atoms with Crippen molar-refractivity contribution in [2.45, 2.75) is 121 Å². The molecule has 170 valence electrons. The number of esters is 2. The number of rotatable bonds is 2. The summed E-state index contributed by atoms with van der Waals surface area (Å²) in [7, 11) is -2.11. The van der Waals surface area contributed by atoms with Gasteiger partial charge in [-0.2, -0.15) is 0 Å². The molecule has 5 atom stereocenters. The van der Waals surface area contributed by atoms with E-state index < -0.39 is 31.7 Å². The Balaban J connectivity index is 1.87. The fourth-order valence-corrected chi connectivity index (χ4v) is 6.37. The quantitative estimate of drug-likeness (QED) is 0.354. The Hall–Kier alpha value is -1.18. The van der Waals surface area contributed by atoms with E-state index in [2.05, 4.69) is 40.4 Å². The first-order valence-corrected chi connectivity index (χ1v) is 14.0. The van der Waals surface area contributed by atoms with Crippen LogP contribution < -0.4 is 0 Å². The first kappa shape index (κ1) is 23.5. The molecule has 0 N–H and O–H groups in total. The van der Waals surface area contributed by atoms with Gasteiger partial charge in [0.05, 0.1) is 18.1 Å². The van der Waals surface area contributed by atoms with Crippen LogP contribution in [0.4, 0.5) is 0 Å². The van der Waals surface area contributed by atoms with Gasteiger partial charge in [-0.05, 0) is 38.4 Å². The third-order valence-electron chi connectivity index (χ3n) is 7.26. The maximum absolute atomic E-state index is 12.7. The average molecular weight is 439 g/mol. The summed E-state index contributed by atoms with van der Waals surface area (Å²) in [5.74, 6) is -0.530. The molecule has 3 aliphatic heterocycles. The monoisotopic (exact) mass is 438 g/mol. The predicted octanol–water partition coefficient (Wildman–Crippen LogP) is 4.67. The van der Waals surface area contributed by atoms with Crippen LogP contribution in [-0.2, 0) is 28.2 Å². The number of hydrogen-bond donors (Lipinski definition) is 0. The van der Waals surface area contributed by atoms with Gasteiger partial charge in [0.2, 0.25) is 0 Å². The normalized spacial score (nSPS) is 38.4. The predicted molar refractivity (Wildman–Crippen MR) is 117 cm³/mol. The average Bonchev–Trinajstić information content (AvgIpc) is 2.65. The molecule has 0 aromatic carbocycles. The second-order valence-corrected chi connectivity index (χ2v) is 16.1. The molecule has 0 aliphatic carbocycles. The number of hydrogen-bond acceptors (Lipinski definition) is 6. The van der Waals surface area contributed by atoms with Gasteiger partial charge in [0.25, 0.3) is 0 Å². The molecule has 0 radical (unpaired) electrons. The molecule has 3 fully saturated rings. The highest BCUT2D eigenvalue weighted by Crippen LogP contribution is 2.46. The summed E-state index contributed by atoms with van der Waals surface area (Å²) in [4.78, 5) is 24.9. The van der Waals surface area contributed by atoms with E-state index in [0.717, 1.165) is 5.57 Å². The Morgan fingerprint density at radius 2 is 1.70 bits per heavy atom. The molecule has 0 saturated carbocycles. The lowest BCUT2D eigenvalue weighted by atomic mass is 9.80. The highest BCUT2D eigenvalue weighted by atomic mass is 28.4. The Morgan fingerprint density at radius 3 is 2.33 bits per heavy atom. The van der Waals surface area contributed by atoms with Gasteiger partial charge in [-0.3, -0.25) is 9.59 Å². The van der Waals surface area contributed by atoms with Crippen LogP contribution in [0.3, 0.4) is 0 Å². The van der Waals surface area contributed by atoms with E-state index in [9.17, 15) is 9.59 Å². The first-order valence-electron chi connectivity index (χ1n) is 11.1. The molecule has 3 aliphatic rings. The molecule has 7 heteroatoms. The summed E-state index contributed by atoms with van der Waals surface area (Å²) in [5.41, 5.74) is -0.343. The van der Waals surface area contributed by atoms with Crippen LogP contribution in [0.15, 0.2) is 12.2 Å². The molecule has 0 bridgehead atoms. The molecule has 30 heavy (non-hydrogen) atoms. The lowest BCUT2D eigenvalue weighted by molar-refractivity contribution is -0.238. The van der Waals surface area contributed by atoms with E-state index in [0.29, 0.717) is 32.1 Å². The Kier molecular flexibility index (Phi) is 6.06. The van der Waals surface area contributed by atoms with Gasteiger partial charge in [0, 0.05) is 25.7 Å². The third kappa shape index (κ3) is 4.83. The SMILES string of the molecule is C=C1CCC(=O)O[C@H]2C[C@H]3OC(=O)CC(C)(O[Si](C)(C)C(C)(C)C)C[C@@H]3O[C@]2(C)C1. The molecule has 3 saturated heterocycles. The summed E-state index contributed by atoms with van der Waals surface area (Å²) < 4.78 is 24.8. The molecule has 6 nitrogen and oxygen atoms in total. The lowest BCUT2D eigenvalue weighted by Crippen LogP contribution is -2.58. The van der Waals surface area contributed by atoms with Crippen LogP contribution in [0, 0.1) is 0 Å². The minimum absolute atomic E-state index is 0.0294. The van der Waals surface area contributed by atoms with Crippen molar-refractivity contribution in [3.8, 4) is 0 Å². The molecule has 0 aromatic rings. The van der Waals surface area contributed by atoms with E-state index in [1.54, 1.807) is 0 Å². The molecular formula is C23H38O6Si. The van der Waals surface area contributed by atoms with Crippen molar-refractivity contribution in [1.82, 2.24) is 0 Å². The lowest BCUT2D eigenvalue weighted by Gasteiger charge is -2.49. The van der Waals surface area contributed by atoms with Crippen LogP contribution in [-0.4, -0.2) is 49.8 Å². The smallest absolute Gasteiger partial charge is 0.309 e. The number of ether oxygens (including phenoxy) is 3. The molecular weight excluding hydrogens is 400 g/mol. The summed E-state index contributed by atoms with van der Waals surface area (Å²) in [6, 6.07) is 0. The Bertz CT molecular complexity index is 726. The molecule has 1 unspecified atom stereocenters.